The molecule has 98 valence electrons. The maximum Gasteiger partial charge on any atom is 0.320 e. The molecule has 3 nitrogen and oxygen atoms in total. The molecule has 1 aromatic rings. The predicted octanol–water partition coefficient (Wildman–Crippen LogP) is 3.03. The van der Waals surface area contributed by atoms with Gasteiger partial charge in [-0.15, -0.1) is 0 Å². The van der Waals surface area contributed by atoms with E-state index >= 15 is 0 Å². The van der Waals surface area contributed by atoms with Crippen LogP contribution in [0, 0.1) is 5.92 Å². The molecule has 1 heterocycles. The first-order valence-electron chi connectivity index (χ1n) is 6.27. The van der Waals surface area contributed by atoms with Crippen molar-refractivity contribution >= 4 is 17.6 Å². The number of carbonyl (C=O) groups is 1. The Morgan fingerprint density at radius 2 is 2.11 bits per heavy atom. The molecule has 1 N–H and O–H groups in total. The van der Waals surface area contributed by atoms with Crippen LogP contribution in [0.15, 0.2) is 24.3 Å². The van der Waals surface area contributed by atoms with Crippen molar-refractivity contribution in [2.75, 3.05) is 6.54 Å². The van der Waals surface area contributed by atoms with E-state index in [0.29, 0.717) is 17.5 Å². The second-order valence-corrected chi connectivity index (χ2v) is 5.52. The molecule has 1 fully saturated rings. The average Bonchev–Trinajstić information content (AvgIpc) is 2.34. The number of rotatable bonds is 3. The summed E-state index contributed by atoms with van der Waals surface area (Å²) in [7, 11) is 0. The molecule has 2 atom stereocenters. The van der Waals surface area contributed by atoms with Crippen molar-refractivity contribution in [3.8, 4) is 0 Å². The molecule has 0 aliphatic carbocycles. The molecule has 2 rings (SSSR count). The largest absolute Gasteiger partial charge is 0.480 e. The van der Waals surface area contributed by atoms with Crippen LogP contribution in [0.2, 0.25) is 5.02 Å². The fourth-order valence-corrected chi connectivity index (χ4v) is 2.59. The van der Waals surface area contributed by atoms with E-state index in [9.17, 15) is 9.90 Å². The van der Waals surface area contributed by atoms with Crippen LogP contribution in [0.25, 0.3) is 0 Å². The lowest BCUT2D eigenvalue weighted by molar-refractivity contribution is -0.145. The standard InChI is InChI=1S/C14H18ClNO2/c1-10-6-7-16(13(8-10)14(17)18)9-11-2-4-12(15)5-3-11/h2-5,10,13H,6-9H2,1H3,(H,17,18). The summed E-state index contributed by atoms with van der Waals surface area (Å²) in [6.45, 7) is 3.65. The third-order valence-corrected chi connectivity index (χ3v) is 3.81. The lowest BCUT2D eigenvalue weighted by Gasteiger charge is -2.36. The number of aliphatic carboxylic acids is 1. The Morgan fingerprint density at radius 3 is 2.72 bits per heavy atom. The zero-order chi connectivity index (χ0) is 13.1. The highest BCUT2D eigenvalue weighted by molar-refractivity contribution is 6.30. The predicted molar refractivity (Wildman–Crippen MR) is 71.7 cm³/mol. The number of carboxylic acid groups (broad SMARTS) is 1. The van der Waals surface area contributed by atoms with Gasteiger partial charge in [-0.1, -0.05) is 30.7 Å². The molecule has 4 heteroatoms. The molecule has 1 aromatic carbocycles. The average molecular weight is 268 g/mol. The lowest BCUT2D eigenvalue weighted by Crippen LogP contribution is -2.46. The van der Waals surface area contributed by atoms with Crippen molar-refractivity contribution < 1.29 is 9.90 Å². The Labute approximate surface area is 112 Å². The van der Waals surface area contributed by atoms with Gasteiger partial charge >= 0.3 is 5.97 Å². The minimum Gasteiger partial charge on any atom is -0.480 e. The van der Waals surface area contributed by atoms with Crippen molar-refractivity contribution in [3.05, 3.63) is 34.9 Å². The molecule has 2 unspecified atom stereocenters. The Balaban J connectivity index is 2.06. The van der Waals surface area contributed by atoms with E-state index in [0.717, 1.165) is 24.9 Å². The highest BCUT2D eigenvalue weighted by Gasteiger charge is 2.31. The summed E-state index contributed by atoms with van der Waals surface area (Å²) >= 11 is 5.84. The quantitative estimate of drug-likeness (QED) is 0.915. The van der Waals surface area contributed by atoms with E-state index in [1.807, 2.05) is 29.2 Å². The Kier molecular flexibility index (Phi) is 4.25. The summed E-state index contributed by atoms with van der Waals surface area (Å²) < 4.78 is 0. The Hall–Kier alpha value is -1.06. The molecular weight excluding hydrogens is 250 g/mol. The second-order valence-electron chi connectivity index (χ2n) is 5.08. The van der Waals surface area contributed by atoms with Gasteiger partial charge in [-0.2, -0.15) is 0 Å². The fraction of sp³-hybridized carbons (Fsp3) is 0.500. The molecule has 1 aliphatic heterocycles. The lowest BCUT2D eigenvalue weighted by atomic mass is 9.92. The third-order valence-electron chi connectivity index (χ3n) is 3.56. The number of nitrogens with zero attached hydrogens (tertiary/aromatic N) is 1. The number of likely N-dealkylation sites (tertiary alicyclic amines) is 1. The van der Waals surface area contributed by atoms with Gasteiger partial charge in [0.05, 0.1) is 0 Å². The molecule has 0 spiro atoms. The highest BCUT2D eigenvalue weighted by Crippen LogP contribution is 2.24. The number of benzene rings is 1. The molecule has 18 heavy (non-hydrogen) atoms. The van der Waals surface area contributed by atoms with Crippen molar-refractivity contribution in [1.29, 1.82) is 0 Å². The highest BCUT2D eigenvalue weighted by atomic mass is 35.5. The van der Waals surface area contributed by atoms with Gasteiger partial charge in [0.1, 0.15) is 6.04 Å². The van der Waals surface area contributed by atoms with Crippen LogP contribution in [0.4, 0.5) is 0 Å². The summed E-state index contributed by atoms with van der Waals surface area (Å²) in [5.74, 6) is -0.219. The molecular formula is C14H18ClNO2. The smallest absolute Gasteiger partial charge is 0.320 e. The number of piperidine rings is 1. The summed E-state index contributed by atoms with van der Waals surface area (Å²) in [5.41, 5.74) is 1.11. The minimum absolute atomic E-state index is 0.357. The molecule has 0 radical (unpaired) electrons. The van der Waals surface area contributed by atoms with Gasteiger partial charge in [-0.05, 0) is 43.0 Å². The summed E-state index contributed by atoms with van der Waals surface area (Å²) in [4.78, 5) is 13.3. The first-order chi connectivity index (χ1) is 8.56. The SMILES string of the molecule is CC1CCN(Cc2ccc(Cl)cc2)C(C(=O)O)C1. The minimum atomic E-state index is -0.712. The van der Waals surface area contributed by atoms with Crippen molar-refractivity contribution in [2.24, 2.45) is 5.92 Å². The van der Waals surface area contributed by atoms with E-state index in [1.165, 1.54) is 0 Å². The Bertz CT molecular complexity index is 418. The monoisotopic (exact) mass is 267 g/mol. The molecule has 0 saturated carbocycles. The van der Waals surface area contributed by atoms with Crippen LogP contribution in [0.1, 0.15) is 25.3 Å². The van der Waals surface area contributed by atoms with Gasteiger partial charge < -0.3 is 5.11 Å². The van der Waals surface area contributed by atoms with E-state index in [4.69, 9.17) is 11.6 Å². The fourth-order valence-electron chi connectivity index (χ4n) is 2.46. The second kappa shape index (κ2) is 5.72. The van der Waals surface area contributed by atoms with Crippen molar-refractivity contribution in [1.82, 2.24) is 4.90 Å². The Morgan fingerprint density at radius 1 is 1.44 bits per heavy atom. The van der Waals surface area contributed by atoms with E-state index < -0.39 is 5.97 Å². The topological polar surface area (TPSA) is 40.5 Å². The number of halogens is 1. The van der Waals surface area contributed by atoms with Crippen LogP contribution in [-0.4, -0.2) is 28.6 Å². The number of hydrogen-bond donors (Lipinski definition) is 1. The van der Waals surface area contributed by atoms with Gasteiger partial charge in [-0.3, -0.25) is 9.69 Å². The number of hydrogen-bond acceptors (Lipinski definition) is 2. The van der Waals surface area contributed by atoms with Crippen LogP contribution in [0.3, 0.4) is 0 Å². The first kappa shape index (κ1) is 13.4. The van der Waals surface area contributed by atoms with E-state index in [-0.39, 0.29) is 6.04 Å². The van der Waals surface area contributed by atoms with E-state index in [2.05, 4.69) is 6.92 Å². The summed E-state index contributed by atoms with van der Waals surface area (Å²) in [6.07, 6.45) is 1.81. The maximum absolute atomic E-state index is 11.3. The molecule has 0 bridgehead atoms. The first-order valence-corrected chi connectivity index (χ1v) is 6.65. The molecule has 0 amide bonds. The van der Waals surface area contributed by atoms with Gasteiger partial charge in [-0.25, -0.2) is 0 Å². The maximum atomic E-state index is 11.3. The van der Waals surface area contributed by atoms with Crippen LogP contribution >= 0.6 is 11.6 Å². The van der Waals surface area contributed by atoms with Gasteiger partial charge in [0.2, 0.25) is 0 Å². The third kappa shape index (κ3) is 3.24. The summed E-state index contributed by atoms with van der Waals surface area (Å²) in [5, 5.41) is 9.99. The van der Waals surface area contributed by atoms with Gasteiger partial charge in [0, 0.05) is 11.6 Å². The molecule has 1 aliphatic rings. The van der Waals surface area contributed by atoms with Crippen molar-refractivity contribution in [2.45, 2.75) is 32.4 Å². The number of carboxylic acids is 1. The van der Waals surface area contributed by atoms with Gasteiger partial charge in [0.25, 0.3) is 0 Å². The van der Waals surface area contributed by atoms with Crippen LogP contribution in [-0.2, 0) is 11.3 Å². The zero-order valence-electron chi connectivity index (χ0n) is 10.5. The van der Waals surface area contributed by atoms with Crippen LogP contribution in [0.5, 0.6) is 0 Å². The zero-order valence-corrected chi connectivity index (χ0v) is 11.2. The van der Waals surface area contributed by atoms with Crippen molar-refractivity contribution in [3.63, 3.8) is 0 Å². The van der Waals surface area contributed by atoms with E-state index in [1.54, 1.807) is 0 Å². The summed E-state index contributed by atoms with van der Waals surface area (Å²) in [6, 6.07) is 7.25. The normalized spacial score (nSPS) is 25.0. The van der Waals surface area contributed by atoms with Crippen LogP contribution < -0.4 is 0 Å². The van der Waals surface area contributed by atoms with Gasteiger partial charge in [0.15, 0.2) is 0 Å². The molecule has 1 saturated heterocycles. The molecule has 0 aromatic heterocycles.